The summed E-state index contributed by atoms with van der Waals surface area (Å²) in [6.07, 6.45) is -0.397. The van der Waals surface area contributed by atoms with E-state index in [4.69, 9.17) is 26.8 Å². The number of halogens is 1. The molecule has 0 saturated heterocycles. The lowest BCUT2D eigenvalue weighted by molar-refractivity contribution is 0.0582. The first-order valence-corrected chi connectivity index (χ1v) is 9.00. The van der Waals surface area contributed by atoms with E-state index in [0.717, 1.165) is 27.7 Å². The van der Waals surface area contributed by atoms with Crippen LogP contribution >= 0.6 is 11.6 Å². The topological polar surface area (TPSA) is 77.2 Å². The third kappa shape index (κ3) is 2.65. The Morgan fingerprint density at radius 1 is 1.46 bits per heavy atom. The molecule has 2 aliphatic heterocycles. The highest BCUT2D eigenvalue weighted by Gasteiger charge is 2.37. The Morgan fingerprint density at radius 3 is 2.92 bits per heavy atom. The molecule has 7 heteroatoms. The average molecular weight is 374 g/mol. The lowest BCUT2D eigenvalue weighted by Crippen LogP contribution is -2.36. The van der Waals surface area contributed by atoms with Gasteiger partial charge in [-0.3, -0.25) is 4.90 Å². The van der Waals surface area contributed by atoms with E-state index in [2.05, 4.69) is 4.99 Å². The van der Waals surface area contributed by atoms with Crippen molar-refractivity contribution in [1.29, 1.82) is 0 Å². The molecule has 0 aromatic heterocycles. The van der Waals surface area contributed by atoms with Crippen molar-refractivity contribution in [3.63, 3.8) is 0 Å². The first kappa shape index (κ1) is 17.0. The molecule has 0 fully saturated rings. The standard InChI is InChI=1S/C19H20ClN3O3/c1-19(2,3)26-18(24)23-9-10(8-20)15-11-5-4-6-12-16(11)14(7-13(15)23)25-17(21)22-12/h4-7,10H,8-9H2,1-3H3,(H2,21,22). The number of nitrogens with zero attached hydrogens (tertiary/aromatic N) is 2. The van der Waals surface area contributed by atoms with Crippen molar-refractivity contribution < 1.29 is 14.3 Å². The lowest BCUT2D eigenvalue weighted by Gasteiger charge is -2.25. The van der Waals surface area contributed by atoms with Crippen molar-refractivity contribution in [1.82, 2.24) is 0 Å². The van der Waals surface area contributed by atoms with Gasteiger partial charge in [0.15, 0.2) is 0 Å². The van der Waals surface area contributed by atoms with E-state index in [1.807, 2.05) is 45.0 Å². The molecule has 2 aliphatic rings. The van der Waals surface area contributed by atoms with Gasteiger partial charge < -0.3 is 15.2 Å². The number of amides is 1. The number of hydrogen-bond acceptors (Lipinski definition) is 5. The van der Waals surface area contributed by atoms with Crippen LogP contribution < -0.4 is 15.4 Å². The van der Waals surface area contributed by atoms with E-state index in [0.29, 0.717) is 18.2 Å². The Bertz CT molecular complexity index is 949. The molecule has 4 rings (SSSR count). The molecule has 2 aromatic carbocycles. The van der Waals surface area contributed by atoms with Gasteiger partial charge in [-0.1, -0.05) is 12.1 Å². The van der Waals surface area contributed by atoms with Gasteiger partial charge in [-0.15, -0.1) is 11.6 Å². The molecule has 2 heterocycles. The lowest BCUT2D eigenvalue weighted by atomic mass is 9.94. The maximum absolute atomic E-state index is 12.7. The summed E-state index contributed by atoms with van der Waals surface area (Å²) in [4.78, 5) is 18.6. The predicted octanol–water partition coefficient (Wildman–Crippen LogP) is 4.26. The summed E-state index contributed by atoms with van der Waals surface area (Å²) < 4.78 is 11.2. The second-order valence-corrected chi connectivity index (χ2v) is 7.81. The van der Waals surface area contributed by atoms with Crippen LogP contribution in [-0.4, -0.2) is 30.1 Å². The number of rotatable bonds is 1. The van der Waals surface area contributed by atoms with E-state index in [1.165, 1.54) is 0 Å². The minimum atomic E-state index is -0.581. The number of carbonyl (C=O) groups excluding carboxylic acids is 1. The Labute approximate surface area is 156 Å². The van der Waals surface area contributed by atoms with Crippen LogP contribution in [0, 0.1) is 0 Å². The maximum Gasteiger partial charge on any atom is 0.414 e. The van der Waals surface area contributed by atoms with Crippen molar-refractivity contribution in [3.8, 4) is 5.75 Å². The first-order chi connectivity index (χ1) is 12.3. The molecule has 2 N–H and O–H groups in total. The summed E-state index contributed by atoms with van der Waals surface area (Å²) in [5.74, 6) is 0.995. The zero-order valence-electron chi connectivity index (χ0n) is 14.9. The molecular formula is C19H20ClN3O3. The molecule has 0 aliphatic carbocycles. The molecular weight excluding hydrogens is 354 g/mol. The Hall–Kier alpha value is -2.47. The number of alkyl halides is 1. The molecule has 1 amide bonds. The molecule has 0 bridgehead atoms. The molecule has 0 spiro atoms. The largest absolute Gasteiger partial charge is 0.443 e. The zero-order valence-corrected chi connectivity index (χ0v) is 15.6. The van der Waals surface area contributed by atoms with Crippen LogP contribution in [0.25, 0.3) is 10.8 Å². The Balaban J connectivity index is 1.91. The van der Waals surface area contributed by atoms with Crippen LogP contribution in [0.4, 0.5) is 16.2 Å². The highest BCUT2D eigenvalue weighted by Crippen LogP contribution is 2.49. The van der Waals surface area contributed by atoms with Gasteiger partial charge in [0.05, 0.1) is 16.8 Å². The zero-order chi connectivity index (χ0) is 18.6. The number of amidine groups is 1. The molecule has 136 valence electrons. The Morgan fingerprint density at radius 2 is 2.23 bits per heavy atom. The minimum absolute atomic E-state index is 0.00624. The summed E-state index contributed by atoms with van der Waals surface area (Å²) in [6, 6.07) is 7.73. The summed E-state index contributed by atoms with van der Waals surface area (Å²) in [7, 11) is 0. The quantitative estimate of drug-likeness (QED) is 0.758. The van der Waals surface area contributed by atoms with Crippen LogP contribution in [0.15, 0.2) is 29.3 Å². The summed E-state index contributed by atoms with van der Waals surface area (Å²) in [5, 5.41) is 1.87. The van der Waals surface area contributed by atoms with Gasteiger partial charge in [0.2, 0.25) is 0 Å². The average Bonchev–Trinajstić information content (AvgIpc) is 2.92. The first-order valence-electron chi connectivity index (χ1n) is 8.46. The number of carbonyl (C=O) groups is 1. The van der Waals surface area contributed by atoms with Crippen molar-refractivity contribution in [2.24, 2.45) is 10.7 Å². The van der Waals surface area contributed by atoms with Gasteiger partial charge in [0.1, 0.15) is 11.4 Å². The monoisotopic (exact) mass is 373 g/mol. The van der Waals surface area contributed by atoms with Gasteiger partial charge in [-0.05, 0) is 37.8 Å². The normalized spacial score (nSPS) is 18.4. The summed E-state index contributed by atoms with van der Waals surface area (Å²) in [5.41, 5.74) is 7.75. The number of hydrogen-bond donors (Lipinski definition) is 1. The smallest absolute Gasteiger partial charge is 0.414 e. The number of fused-ring (bicyclic) bond motifs is 2. The maximum atomic E-state index is 12.7. The fourth-order valence-electron chi connectivity index (χ4n) is 3.54. The summed E-state index contributed by atoms with van der Waals surface area (Å²) in [6.45, 7) is 6.00. The molecule has 2 aromatic rings. The molecule has 26 heavy (non-hydrogen) atoms. The second kappa shape index (κ2) is 5.77. The minimum Gasteiger partial charge on any atom is -0.443 e. The van der Waals surface area contributed by atoms with E-state index in [-0.39, 0.29) is 11.9 Å². The van der Waals surface area contributed by atoms with E-state index in [9.17, 15) is 4.79 Å². The molecule has 1 unspecified atom stereocenters. The van der Waals surface area contributed by atoms with Gasteiger partial charge in [0.25, 0.3) is 6.02 Å². The van der Waals surface area contributed by atoms with Crippen LogP contribution in [0.2, 0.25) is 0 Å². The van der Waals surface area contributed by atoms with Crippen molar-refractivity contribution in [2.75, 3.05) is 17.3 Å². The van der Waals surface area contributed by atoms with E-state index >= 15 is 0 Å². The fourth-order valence-corrected chi connectivity index (χ4v) is 3.79. The predicted molar refractivity (Wildman–Crippen MR) is 103 cm³/mol. The summed E-state index contributed by atoms with van der Waals surface area (Å²) >= 11 is 6.23. The fraction of sp³-hybridized carbons (Fsp3) is 0.368. The highest BCUT2D eigenvalue weighted by atomic mass is 35.5. The Kier molecular flexibility index (Phi) is 3.77. The number of anilines is 1. The van der Waals surface area contributed by atoms with E-state index in [1.54, 1.807) is 4.90 Å². The van der Waals surface area contributed by atoms with E-state index < -0.39 is 11.7 Å². The van der Waals surface area contributed by atoms with Gasteiger partial charge >= 0.3 is 6.09 Å². The molecule has 0 radical (unpaired) electrons. The van der Waals surface area contributed by atoms with Crippen molar-refractivity contribution in [2.45, 2.75) is 32.3 Å². The molecule has 0 saturated carbocycles. The van der Waals surface area contributed by atoms with Gasteiger partial charge in [-0.25, -0.2) is 4.79 Å². The second-order valence-electron chi connectivity index (χ2n) is 7.50. The SMILES string of the molecule is CC(C)(C)OC(=O)N1CC(CCl)c2c1cc1c3c(cccc23)N=C(N)O1. The van der Waals surface area contributed by atoms with Crippen LogP contribution in [0.1, 0.15) is 32.3 Å². The van der Waals surface area contributed by atoms with Crippen molar-refractivity contribution >= 4 is 45.9 Å². The van der Waals surface area contributed by atoms with Crippen LogP contribution in [0.5, 0.6) is 5.75 Å². The number of ether oxygens (including phenoxy) is 2. The molecule has 6 nitrogen and oxygen atoms in total. The van der Waals surface area contributed by atoms with Crippen molar-refractivity contribution in [3.05, 3.63) is 29.8 Å². The van der Waals surface area contributed by atoms with Gasteiger partial charge in [-0.2, -0.15) is 4.99 Å². The third-order valence-electron chi connectivity index (χ3n) is 4.47. The van der Waals surface area contributed by atoms with Crippen LogP contribution in [0.3, 0.4) is 0 Å². The van der Waals surface area contributed by atoms with Crippen LogP contribution in [-0.2, 0) is 4.74 Å². The number of nitrogens with two attached hydrogens (primary N) is 1. The number of benzene rings is 2. The number of aliphatic imine (C=N–C) groups is 1. The molecule has 1 atom stereocenters. The third-order valence-corrected chi connectivity index (χ3v) is 4.84. The van der Waals surface area contributed by atoms with Gasteiger partial charge in [0, 0.05) is 24.4 Å². The highest BCUT2D eigenvalue weighted by molar-refractivity contribution is 6.19.